The van der Waals surface area contributed by atoms with Crippen molar-refractivity contribution in [3.63, 3.8) is 0 Å². The summed E-state index contributed by atoms with van der Waals surface area (Å²) in [6.07, 6.45) is 3.78. The quantitative estimate of drug-likeness (QED) is 0.914. The van der Waals surface area contributed by atoms with Gasteiger partial charge >= 0.3 is 6.09 Å². The highest BCUT2D eigenvalue weighted by Gasteiger charge is 2.27. The Morgan fingerprint density at radius 3 is 2.87 bits per heavy atom. The highest BCUT2D eigenvalue weighted by Crippen LogP contribution is 2.20. The predicted octanol–water partition coefficient (Wildman–Crippen LogP) is 2.13. The highest BCUT2D eigenvalue weighted by atomic mass is 16.6. The molecule has 1 aliphatic rings. The van der Waals surface area contributed by atoms with Gasteiger partial charge in [0.25, 0.3) is 0 Å². The van der Waals surface area contributed by atoms with E-state index in [2.05, 4.69) is 25.2 Å². The van der Waals surface area contributed by atoms with E-state index in [1.807, 2.05) is 32.9 Å². The van der Waals surface area contributed by atoms with E-state index in [9.17, 15) is 4.79 Å². The van der Waals surface area contributed by atoms with Gasteiger partial charge in [-0.05, 0) is 39.3 Å². The SMILES string of the molecule is CC(C)(C)OC(=O)N[C@H]1CCN(c2ccc3nccnc3n2)C1. The summed E-state index contributed by atoms with van der Waals surface area (Å²) in [6, 6.07) is 3.91. The fraction of sp³-hybridized carbons (Fsp3) is 0.500. The average molecular weight is 315 g/mol. The van der Waals surface area contributed by atoms with Gasteiger partial charge in [0, 0.05) is 25.5 Å². The molecule has 2 aromatic heterocycles. The van der Waals surface area contributed by atoms with Crippen LogP contribution in [0.2, 0.25) is 0 Å². The van der Waals surface area contributed by atoms with E-state index in [1.54, 1.807) is 12.4 Å². The first-order valence-corrected chi connectivity index (χ1v) is 7.73. The second-order valence-corrected chi connectivity index (χ2v) is 6.65. The Labute approximate surface area is 135 Å². The monoisotopic (exact) mass is 315 g/mol. The van der Waals surface area contributed by atoms with Crippen LogP contribution in [0.3, 0.4) is 0 Å². The topological polar surface area (TPSA) is 80.2 Å². The Balaban J connectivity index is 1.63. The molecule has 7 heteroatoms. The normalized spacial score (nSPS) is 18.2. The van der Waals surface area contributed by atoms with E-state index in [0.29, 0.717) is 12.2 Å². The minimum atomic E-state index is -0.485. The van der Waals surface area contributed by atoms with Gasteiger partial charge in [-0.3, -0.25) is 4.98 Å². The van der Waals surface area contributed by atoms with E-state index in [4.69, 9.17) is 4.74 Å². The Morgan fingerprint density at radius 1 is 1.30 bits per heavy atom. The predicted molar refractivity (Wildman–Crippen MR) is 87.3 cm³/mol. The summed E-state index contributed by atoms with van der Waals surface area (Å²) in [6.45, 7) is 7.10. The van der Waals surface area contributed by atoms with E-state index < -0.39 is 5.60 Å². The molecular weight excluding hydrogens is 294 g/mol. The summed E-state index contributed by atoms with van der Waals surface area (Å²) < 4.78 is 5.30. The first-order chi connectivity index (χ1) is 10.9. The molecule has 2 aromatic rings. The first-order valence-electron chi connectivity index (χ1n) is 7.73. The maximum absolute atomic E-state index is 11.8. The number of hydrogen-bond donors (Lipinski definition) is 1. The van der Waals surface area contributed by atoms with E-state index in [0.717, 1.165) is 24.3 Å². The maximum Gasteiger partial charge on any atom is 0.407 e. The van der Waals surface area contributed by atoms with E-state index in [1.165, 1.54) is 0 Å². The molecule has 1 aliphatic heterocycles. The Kier molecular flexibility index (Phi) is 4.02. The van der Waals surface area contributed by atoms with Crippen molar-refractivity contribution in [1.29, 1.82) is 0 Å². The molecule has 122 valence electrons. The second-order valence-electron chi connectivity index (χ2n) is 6.65. The van der Waals surface area contributed by atoms with E-state index >= 15 is 0 Å². The number of nitrogens with zero attached hydrogens (tertiary/aromatic N) is 4. The highest BCUT2D eigenvalue weighted by molar-refractivity contribution is 5.72. The molecule has 1 N–H and O–H groups in total. The van der Waals surface area contributed by atoms with Crippen LogP contribution in [0.15, 0.2) is 24.5 Å². The summed E-state index contributed by atoms with van der Waals surface area (Å²) in [5.41, 5.74) is 0.924. The molecule has 0 aromatic carbocycles. The molecule has 0 unspecified atom stereocenters. The van der Waals surface area contributed by atoms with Gasteiger partial charge in [-0.25, -0.2) is 14.8 Å². The van der Waals surface area contributed by atoms with Crippen molar-refractivity contribution in [2.24, 2.45) is 0 Å². The lowest BCUT2D eigenvalue weighted by Gasteiger charge is -2.22. The minimum Gasteiger partial charge on any atom is -0.444 e. The number of amides is 1. The molecule has 7 nitrogen and oxygen atoms in total. The van der Waals surface area contributed by atoms with Crippen LogP contribution in [0.25, 0.3) is 11.2 Å². The van der Waals surface area contributed by atoms with Crippen molar-refractivity contribution in [3.05, 3.63) is 24.5 Å². The number of nitrogens with one attached hydrogen (secondary N) is 1. The lowest BCUT2D eigenvalue weighted by Crippen LogP contribution is -2.40. The molecule has 0 spiro atoms. The van der Waals surface area contributed by atoms with Gasteiger partial charge in [0.05, 0.1) is 6.04 Å². The molecule has 0 saturated carbocycles. The van der Waals surface area contributed by atoms with Crippen LogP contribution in [0.1, 0.15) is 27.2 Å². The third-order valence-electron chi connectivity index (χ3n) is 3.55. The van der Waals surface area contributed by atoms with Crippen LogP contribution >= 0.6 is 0 Å². The van der Waals surface area contributed by atoms with Crippen LogP contribution < -0.4 is 10.2 Å². The first kappa shape index (κ1) is 15.5. The Hall–Kier alpha value is -2.44. The van der Waals surface area contributed by atoms with Crippen molar-refractivity contribution in [3.8, 4) is 0 Å². The molecule has 0 bridgehead atoms. The number of carbonyl (C=O) groups is 1. The van der Waals surface area contributed by atoms with Crippen molar-refractivity contribution in [1.82, 2.24) is 20.3 Å². The number of alkyl carbamates (subject to hydrolysis) is 1. The number of hydrogen-bond acceptors (Lipinski definition) is 6. The fourth-order valence-electron chi connectivity index (χ4n) is 2.58. The van der Waals surface area contributed by atoms with Crippen molar-refractivity contribution in [2.45, 2.75) is 38.8 Å². The van der Waals surface area contributed by atoms with Gasteiger partial charge in [-0.1, -0.05) is 0 Å². The standard InChI is InChI=1S/C16H21N5O2/c1-16(2,3)23-15(22)19-11-6-9-21(10-11)13-5-4-12-14(20-13)18-8-7-17-12/h4-5,7-8,11H,6,9-10H2,1-3H3,(H,19,22)/t11-/m0/s1. The zero-order valence-electron chi connectivity index (χ0n) is 13.6. The zero-order chi connectivity index (χ0) is 16.4. The summed E-state index contributed by atoms with van der Waals surface area (Å²) in [7, 11) is 0. The van der Waals surface area contributed by atoms with Crippen LogP contribution in [-0.4, -0.2) is 45.8 Å². The van der Waals surface area contributed by atoms with Gasteiger partial charge in [-0.15, -0.1) is 0 Å². The summed E-state index contributed by atoms with van der Waals surface area (Å²) in [5.74, 6) is 0.853. The Morgan fingerprint density at radius 2 is 2.09 bits per heavy atom. The van der Waals surface area contributed by atoms with E-state index in [-0.39, 0.29) is 12.1 Å². The number of pyridine rings is 1. The minimum absolute atomic E-state index is 0.0594. The number of carbonyl (C=O) groups excluding carboxylic acids is 1. The third kappa shape index (κ3) is 3.85. The summed E-state index contributed by atoms with van der Waals surface area (Å²) >= 11 is 0. The molecule has 0 radical (unpaired) electrons. The lowest BCUT2D eigenvalue weighted by atomic mass is 10.2. The second kappa shape index (κ2) is 5.98. The van der Waals surface area contributed by atoms with Gasteiger partial charge < -0.3 is 15.0 Å². The molecule has 1 atom stereocenters. The molecule has 0 aliphatic carbocycles. The number of rotatable bonds is 2. The smallest absolute Gasteiger partial charge is 0.407 e. The maximum atomic E-state index is 11.8. The number of ether oxygens (including phenoxy) is 1. The van der Waals surface area contributed by atoms with Gasteiger partial charge in [-0.2, -0.15) is 0 Å². The number of aromatic nitrogens is 3. The van der Waals surface area contributed by atoms with Gasteiger partial charge in [0.1, 0.15) is 16.9 Å². The third-order valence-corrected chi connectivity index (χ3v) is 3.55. The van der Waals surface area contributed by atoms with Crippen LogP contribution in [0, 0.1) is 0 Å². The average Bonchev–Trinajstić information content (AvgIpc) is 2.93. The lowest BCUT2D eigenvalue weighted by molar-refractivity contribution is 0.0509. The molecule has 1 saturated heterocycles. The largest absolute Gasteiger partial charge is 0.444 e. The molecule has 1 fully saturated rings. The van der Waals surface area contributed by atoms with Crippen molar-refractivity contribution < 1.29 is 9.53 Å². The van der Waals surface area contributed by atoms with Crippen LogP contribution in [0.5, 0.6) is 0 Å². The molecule has 3 heterocycles. The number of fused-ring (bicyclic) bond motifs is 1. The fourth-order valence-corrected chi connectivity index (χ4v) is 2.58. The van der Waals surface area contributed by atoms with Gasteiger partial charge in [0.15, 0.2) is 5.65 Å². The molecule has 23 heavy (non-hydrogen) atoms. The zero-order valence-corrected chi connectivity index (χ0v) is 13.6. The van der Waals surface area contributed by atoms with Gasteiger partial charge in [0.2, 0.25) is 0 Å². The van der Waals surface area contributed by atoms with Crippen LogP contribution in [0.4, 0.5) is 10.6 Å². The molecular formula is C16H21N5O2. The van der Waals surface area contributed by atoms with Crippen molar-refractivity contribution in [2.75, 3.05) is 18.0 Å². The molecule has 3 rings (SSSR count). The van der Waals surface area contributed by atoms with Crippen molar-refractivity contribution >= 4 is 23.1 Å². The molecule has 1 amide bonds. The summed E-state index contributed by atoms with van der Waals surface area (Å²) in [4.78, 5) is 27.0. The summed E-state index contributed by atoms with van der Waals surface area (Å²) in [5, 5.41) is 2.91. The van der Waals surface area contributed by atoms with Crippen LogP contribution in [-0.2, 0) is 4.74 Å². The number of anilines is 1. The Bertz CT molecular complexity index is 713.